The van der Waals surface area contributed by atoms with Crippen LogP contribution >= 0.6 is 15.9 Å². The fourth-order valence-electron chi connectivity index (χ4n) is 1.85. The minimum atomic E-state index is -0.103. The highest BCUT2D eigenvalue weighted by Crippen LogP contribution is 2.23. The van der Waals surface area contributed by atoms with E-state index in [0.717, 1.165) is 34.4 Å². The van der Waals surface area contributed by atoms with Gasteiger partial charge in [0.2, 0.25) is 0 Å². The second-order valence-electron chi connectivity index (χ2n) is 4.45. The van der Waals surface area contributed by atoms with Gasteiger partial charge in [-0.1, -0.05) is 47.1 Å². The van der Waals surface area contributed by atoms with Crippen molar-refractivity contribution >= 4 is 15.9 Å². The molecule has 100 valence electrons. The number of benzene rings is 2. The Kier molecular flexibility index (Phi) is 5.00. The summed E-state index contributed by atoms with van der Waals surface area (Å²) in [6.07, 6.45) is 1.01. The zero-order chi connectivity index (χ0) is 13.7. The fraction of sp³-hybridized carbons (Fsp3) is 0.250. The molecule has 0 saturated carbocycles. The standard InChI is InChI=1S/C16H18BrNO/c1-2-11-19-15-9-5-13(6-10-15)16(18)12-3-7-14(17)8-4-12/h3-10,16H,2,11,18H2,1H3. The van der Waals surface area contributed by atoms with E-state index < -0.39 is 0 Å². The van der Waals surface area contributed by atoms with Gasteiger partial charge in [0.05, 0.1) is 12.6 Å². The third-order valence-corrected chi connectivity index (χ3v) is 3.47. The van der Waals surface area contributed by atoms with E-state index in [-0.39, 0.29) is 6.04 Å². The van der Waals surface area contributed by atoms with E-state index in [0.29, 0.717) is 0 Å². The van der Waals surface area contributed by atoms with Gasteiger partial charge in [0.15, 0.2) is 0 Å². The zero-order valence-corrected chi connectivity index (χ0v) is 12.6. The van der Waals surface area contributed by atoms with E-state index in [2.05, 4.69) is 22.9 Å². The summed E-state index contributed by atoms with van der Waals surface area (Å²) in [6, 6.07) is 16.0. The minimum Gasteiger partial charge on any atom is -0.494 e. The Balaban J connectivity index is 2.10. The van der Waals surface area contributed by atoms with Crippen molar-refractivity contribution in [3.05, 3.63) is 64.1 Å². The molecule has 0 heterocycles. The lowest BCUT2D eigenvalue weighted by molar-refractivity contribution is 0.317. The first-order chi connectivity index (χ1) is 9.20. The zero-order valence-electron chi connectivity index (χ0n) is 11.0. The number of ether oxygens (including phenoxy) is 1. The molecule has 2 aromatic rings. The summed E-state index contributed by atoms with van der Waals surface area (Å²) >= 11 is 3.43. The van der Waals surface area contributed by atoms with Crippen LogP contribution in [-0.2, 0) is 0 Å². The fourth-order valence-corrected chi connectivity index (χ4v) is 2.12. The first-order valence-electron chi connectivity index (χ1n) is 6.44. The number of rotatable bonds is 5. The maximum Gasteiger partial charge on any atom is 0.119 e. The molecule has 0 aromatic heterocycles. The van der Waals surface area contributed by atoms with Crippen molar-refractivity contribution in [2.24, 2.45) is 5.73 Å². The van der Waals surface area contributed by atoms with Crippen LogP contribution in [-0.4, -0.2) is 6.61 Å². The maximum atomic E-state index is 6.26. The first-order valence-corrected chi connectivity index (χ1v) is 7.24. The Hall–Kier alpha value is -1.32. The van der Waals surface area contributed by atoms with Crippen LogP contribution in [0.25, 0.3) is 0 Å². The van der Waals surface area contributed by atoms with Crippen molar-refractivity contribution in [2.75, 3.05) is 6.61 Å². The molecule has 2 N–H and O–H groups in total. The van der Waals surface area contributed by atoms with Gasteiger partial charge < -0.3 is 10.5 Å². The molecule has 1 unspecified atom stereocenters. The molecule has 0 saturated heterocycles. The van der Waals surface area contributed by atoms with Gasteiger partial charge in [-0.2, -0.15) is 0 Å². The summed E-state index contributed by atoms with van der Waals surface area (Å²) in [5, 5.41) is 0. The van der Waals surface area contributed by atoms with E-state index in [4.69, 9.17) is 10.5 Å². The Morgan fingerprint density at radius 1 is 1.00 bits per heavy atom. The highest BCUT2D eigenvalue weighted by Gasteiger charge is 2.08. The summed E-state index contributed by atoms with van der Waals surface area (Å²) in [6.45, 7) is 2.84. The van der Waals surface area contributed by atoms with Crippen LogP contribution in [0.2, 0.25) is 0 Å². The molecule has 0 radical (unpaired) electrons. The van der Waals surface area contributed by atoms with Crippen LogP contribution in [0.3, 0.4) is 0 Å². The van der Waals surface area contributed by atoms with Gasteiger partial charge in [0, 0.05) is 4.47 Å². The largest absolute Gasteiger partial charge is 0.494 e. The molecule has 3 heteroatoms. The van der Waals surface area contributed by atoms with E-state index in [1.807, 2.05) is 48.5 Å². The summed E-state index contributed by atoms with van der Waals surface area (Å²) < 4.78 is 6.63. The van der Waals surface area contributed by atoms with Crippen LogP contribution in [0.4, 0.5) is 0 Å². The maximum absolute atomic E-state index is 6.26. The van der Waals surface area contributed by atoms with Gasteiger partial charge in [-0.3, -0.25) is 0 Å². The number of nitrogens with two attached hydrogens (primary N) is 1. The average Bonchev–Trinajstić information content (AvgIpc) is 2.46. The molecule has 2 nitrogen and oxygen atoms in total. The molecule has 0 spiro atoms. The van der Waals surface area contributed by atoms with Crippen LogP contribution in [0.5, 0.6) is 5.75 Å². The number of hydrogen-bond acceptors (Lipinski definition) is 2. The van der Waals surface area contributed by atoms with Gasteiger partial charge >= 0.3 is 0 Å². The van der Waals surface area contributed by atoms with Gasteiger partial charge in [-0.05, 0) is 41.8 Å². The van der Waals surface area contributed by atoms with Crippen LogP contribution in [0.15, 0.2) is 53.0 Å². The molecule has 0 fully saturated rings. The molecular weight excluding hydrogens is 302 g/mol. The monoisotopic (exact) mass is 319 g/mol. The first kappa shape index (κ1) is 14.1. The lowest BCUT2D eigenvalue weighted by atomic mass is 10.00. The molecule has 2 rings (SSSR count). The van der Waals surface area contributed by atoms with Crippen molar-refractivity contribution in [1.82, 2.24) is 0 Å². The molecule has 0 bridgehead atoms. The molecule has 19 heavy (non-hydrogen) atoms. The summed E-state index contributed by atoms with van der Waals surface area (Å²) in [7, 11) is 0. The summed E-state index contributed by atoms with van der Waals surface area (Å²) in [5.41, 5.74) is 8.45. The SMILES string of the molecule is CCCOc1ccc(C(N)c2ccc(Br)cc2)cc1. The van der Waals surface area contributed by atoms with Gasteiger partial charge in [-0.15, -0.1) is 0 Å². The Morgan fingerprint density at radius 2 is 1.53 bits per heavy atom. The molecule has 0 aliphatic heterocycles. The lowest BCUT2D eigenvalue weighted by Crippen LogP contribution is -2.11. The van der Waals surface area contributed by atoms with Crippen LogP contribution in [0.1, 0.15) is 30.5 Å². The van der Waals surface area contributed by atoms with Crippen molar-refractivity contribution in [1.29, 1.82) is 0 Å². The predicted octanol–water partition coefficient (Wildman–Crippen LogP) is 4.29. The summed E-state index contributed by atoms with van der Waals surface area (Å²) in [5.74, 6) is 0.897. The molecule has 2 aromatic carbocycles. The number of halogens is 1. The number of hydrogen-bond donors (Lipinski definition) is 1. The quantitative estimate of drug-likeness (QED) is 0.892. The van der Waals surface area contributed by atoms with Crippen molar-refractivity contribution < 1.29 is 4.74 Å². The van der Waals surface area contributed by atoms with Gasteiger partial charge in [0.25, 0.3) is 0 Å². The van der Waals surface area contributed by atoms with E-state index >= 15 is 0 Å². The molecule has 0 amide bonds. The lowest BCUT2D eigenvalue weighted by Gasteiger charge is -2.13. The van der Waals surface area contributed by atoms with Crippen LogP contribution in [0, 0.1) is 0 Å². The molecular formula is C16H18BrNO. The average molecular weight is 320 g/mol. The summed E-state index contributed by atoms with van der Waals surface area (Å²) in [4.78, 5) is 0. The van der Waals surface area contributed by atoms with E-state index in [1.165, 1.54) is 0 Å². The van der Waals surface area contributed by atoms with E-state index in [9.17, 15) is 0 Å². The van der Waals surface area contributed by atoms with Crippen LogP contribution < -0.4 is 10.5 Å². The third-order valence-electron chi connectivity index (χ3n) is 2.94. The van der Waals surface area contributed by atoms with Gasteiger partial charge in [0.1, 0.15) is 5.75 Å². The Morgan fingerprint density at radius 3 is 2.05 bits per heavy atom. The minimum absolute atomic E-state index is 0.103. The Bertz CT molecular complexity index is 507. The second-order valence-corrected chi connectivity index (χ2v) is 5.36. The predicted molar refractivity (Wildman–Crippen MR) is 82.4 cm³/mol. The van der Waals surface area contributed by atoms with Crippen molar-refractivity contribution in [3.8, 4) is 5.75 Å². The molecule has 0 aliphatic carbocycles. The second kappa shape index (κ2) is 6.73. The van der Waals surface area contributed by atoms with E-state index in [1.54, 1.807) is 0 Å². The Labute approximate surface area is 122 Å². The van der Waals surface area contributed by atoms with Crippen molar-refractivity contribution in [3.63, 3.8) is 0 Å². The normalized spacial score (nSPS) is 12.2. The van der Waals surface area contributed by atoms with Gasteiger partial charge in [-0.25, -0.2) is 0 Å². The van der Waals surface area contributed by atoms with Crippen molar-refractivity contribution in [2.45, 2.75) is 19.4 Å². The topological polar surface area (TPSA) is 35.2 Å². The molecule has 0 aliphatic rings. The highest BCUT2D eigenvalue weighted by molar-refractivity contribution is 9.10. The smallest absolute Gasteiger partial charge is 0.119 e. The highest BCUT2D eigenvalue weighted by atomic mass is 79.9. The third kappa shape index (κ3) is 3.82. The molecule has 1 atom stereocenters.